The first-order valence-electron chi connectivity index (χ1n) is 10.9. The van der Waals surface area contributed by atoms with Crippen LogP contribution in [0.15, 0.2) is 48.5 Å². The Balaban J connectivity index is 1.41. The number of hydrogen-bond acceptors (Lipinski definition) is 5. The molecule has 0 bridgehead atoms. The van der Waals surface area contributed by atoms with Gasteiger partial charge >= 0.3 is 6.03 Å². The summed E-state index contributed by atoms with van der Waals surface area (Å²) in [5.74, 6) is 1.33. The number of nitrogens with one attached hydrogen (secondary N) is 1. The molecular weight excluding hydrogens is 407 g/mol. The fraction of sp³-hybridized carbons (Fsp3) is 0.375. The normalized spacial score (nSPS) is 18.3. The van der Waals surface area contributed by atoms with Crippen molar-refractivity contribution < 1.29 is 9.18 Å². The minimum atomic E-state index is -0.629. The van der Waals surface area contributed by atoms with Crippen LogP contribution >= 0.6 is 0 Å². The van der Waals surface area contributed by atoms with E-state index in [9.17, 15) is 9.18 Å². The maximum absolute atomic E-state index is 14.2. The van der Waals surface area contributed by atoms with Crippen molar-refractivity contribution in [3.63, 3.8) is 0 Å². The van der Waals surface area contributed by atoms with E-state index in [-0.39, 0.29) is 17.6 Å². The summed E-state index contributed by atoms with van der Waals surface area (Å²) in [5.41, 5.74) is 6.70. The second-order valence-electron chi connectivity index (χ2n) is 8.54. The number of fused-ring (bicyclic) bond motifs is 1. The summed E-state index contributed by atoms with van der Waals surface area (Å²) in [4.78, 5) is 24.7. The van der Waals surface area contributed by atoms with Crippen LogP contribution in [-0.2, 0) is 0 Å². The average molecular weight is 437 g/mol. The van der Waals surface area contributed by atoms with Crippen LogP contribution in [0.2, 0.25) is 0 Å². The Morgan fingerprint density at radius 2 is 1.75 bits per heavy atom. The third-order valence-electron chi connectivity index (χ3n) is 6.04. The van der Waals surface area contributed by atoms with Crippen molar-refractivity contribution in [2.45, 2.75) is 31.7 Å². The van der Waals surface area contributed by atoms with E-state index in [0.29, 0.717) is 12.5 Å². The second kappa shape index (κ2) is 9.38. The minimum Gasteiger partial charge on any atom is -0.362 e. The lowest BCUT2D eigenvalue weighted by Gasteiger charge is -2.32. The van der Waals surface area contributed by atoms with Crippen LogP contribution in [0.5, 0.6) is 0 Å². The van der Waals surface area contributed by atoms with Gasteiger partial charge in [-0.15, -0.1) is 0 Å². The van der Waals surface area contributed by atoms with Crippen LogP contribution in [0.25, 0.3) is 10.9 Å². The van der Waals surface area contributed by atoms with E-state index in [1.165, 1.54) is 11.0 Å². The third kappa shape index (κ3) is 4.74. The lowest BCUT2D eigenvalue weighted by molar-refractivity contribution is 0.250. The van der Waals surface area contributed by atoms with Crippen LogP contribution in [0.1, 0.15) is 25.7 Å². The molecule has 0 aliphatic heterocycles. The van der Waals surface area contributed by atoms with E-state index in [2.05, 4.69) is 5.32 Å². The molecule has 1 aliphatic rings. The molecule has 0 atom stereocenters. The van der Waals surface area contributed by atoms with Gasteiger partial charge in [0.15, 0.2) is 0 Å². The van der Waals surface area contributed by atoms with Crippen molar-refractivity contribution in [1.29, 1.82) is 0 Å². The number of para-hydroxylation sites is 2. The monoisotopic (exact) mass is 436 g/mol. The summed E-state index contributed by atoms with van der Waals surface area (Å²) >= 11 is 0. The number of aromatic nitrogens is 2. The number of urea groups is 1. The standard InChI is InChI=1S/C24H29FN6O/c1-30(2)22-18-7-3-5-9-20(18)28-24(29-22)27-17-13-11-16(12-14-17)15-31(23(26)32)21-10-6-4-8-19(21)25/h3-10,16-17H,11-15H2,1-2H3,(H2,26,32)(H,27,28,29). The predicted octanol–water partition coefficient (Wildman–Crippen LogP) is 4.39. The number of nitrogens with two attached hydrogens (primary N) is 1. The lowest BCUT2D eigenvalue weighted by atomic mass is 9.85. The molecule has 168 valence electrons. The highest BCUT2D eigenvalue weighted by molar-refractivity contribution is 5.91. The molecule has 32 heavy (non-hydrogen) atoms. The highest BCUT2D eigenvalue weighted by atomic mass is 19.1. The van der Waals surface area contributed by atoms with Gasteiger partial charge in [0, 0.05) is 32.1 Å². The number of carbonyl (C=O) groups excluding carboxylic acids is 1. The molecule has 2 amide bonds. The Bertz CT molecular complexity index is 1100. The molecule has 1 aliphatic carbocycles. The quantitative estimate of drug-likeness (QED) is 0.598. The van der Waals surface area contributed by atoms with Crippen molar-refractivity contribution in [3.8, 4) is 0 Å². The first kappa shape index (κ1) is 21.8. The Hall–Kier alpha value is -3.42. The molecule has 1 saturated carbocycles. The van der Waals surface area contributed by atoms with E-state index in [0.717, 1.165) is 42.4 Å². The zero-order chi connectivity index (χ0) is 22.7. The van der Waals surface area contributed by atoms with Crippen LogP contribution in [0.4, 0.5) is 26.6 Å². The fourth-order valence-electron chi connectivity index (χ4n) is 4.37. The van der Waals surface area contributed by atoms with Gasteiger partial charge < -0.3 is 16.0 Å². The van der Waals surface area contributed by atoms with Crippen LogP contribution < -0.4 is 20.9 Å². The molecule has 3 N–H and O–H groups in total. The average Bonchev–Trinajstić information content (AvgIpc) is 2.78. The lowest BCUT2D eigenvalue weighted by Crippen LogP contribution is -2.41. The highest BCUT2D eigenvalue weighted by Gasteiger charge is 2.26. The first-order chi connectivity index (χ1) is 15.4. The minimum absolute atomic E-state index is 0.237. The van der Waals surface area contributed by atoms with Crippen LogP contribution in [-0.4, -0.2) is 42.7 Å². The van der Waals surface area contributed by atoms with Crippen molar-refractivity contribution >= 4 is 34.4 Å². The molecule has 1 aromatic heterocycles. The third-order valence-corrected chi connectivity index (χ3v) is 6.04. The maximum atomic E-state index is 14.2. The predicted molar refractivity (Wildman–Crippen MR) is 127 cm³/mol. The van der Waals surface area contributed by atoms with Crippen molar-refractivity contribution in [1.82, 2.24) is 9.97 Å². The summed E-state index contributed by atoms with van der Waals surface area (Å²) in [6, 6.07) is 13.9. The van der Waals surface area contributed by atoms with E-state index in [1.54, 1.807) is 18.2 Å². The van der Waals surface area contributed by atoms with Gasteiger partial charge in [-0.1, -0.05) is 24.3 Å². The molecule has 0 saturated heterocycles. The first-order valence-corrected chi connectivity index (χ1v) is 10.9. The van der Waals surface area contributed by atoms with E-state index in [1.807, 2.05) is 43.3 Å². The molecule has 0 spiro atoms. The number of anilines is 3. The molecular formula is C24H29FN6O. The molecule has 3 aromatic rings. The van der Waals surface area contributed by atoms with Gasteiger partial charge in [-0.05, 0) is 55.9 Å². The summed E-state index contributed by atoms with van der Waals surface area (Å²) in [6.45, 7) is 0.417. The molecule has 1 fully saturated rings. The van der Waals surface area contributed by atoms with Crippen LogP contribution in [0.3, 0.4) is 0 Å². The number of rotatable bonds is 6. The van der Waals surface area contributed by atoms with Crippen molar-refractivity contribution in [2.24, 2.45) is 11.7 Å². The van der Waals surface area contributed by atoms with Gasteiger partial charge in [0.2, 0.25) is 5.95 Å². The molecule has 0 unspecified atom stereocenters. The number of hydrogen-bond donors (Lipinski definition) is 2. The van der Waals surface area contributed by atoms with Crippen molar-refractivity contribution in [2.75, 3.05) is 35.8 Å². The molecule has 4 rings (SSSR count). The second-order valence-corrected chi connectivity index (χ2v) is 8.54. The zero-order valence-corrected chi connectivity index (χ0v) is 18.5. The highest BCUT2D eigenvalue weighted by Crippen LogP contribution is 2.30. The van der Waals surface area contributed by atoms with Gasteiger partial charge in [-0.3, -0.25) is 4.90 Å². The smallest absolute Gasteiger partial charge is 0.319 e. The van der Waals surface area contributed by atoms with Crippen LogP contribution in [0, 0.1) is 11.7 Å². The zero-order valence-electron chi connectivity index (χ0n) is 18.5. The van der Waals surface area contributed by atoms with Crippen molar-refractivity contribution in [3.05, 3.63) is 54.3 Å². The SMILES string of the molecule is CN(C)c1nc(NC2CCC(CN(C(N)=O)c3ccccc3F)CC2)nc2ccccc12. The Kier molecular flexibility index (Phi) is 6.39. The maximum Gasteiger partial charge on any atom is 0.319 e. The summed E-state index contributed by atoms with van der Waals surface area (Å²) in [7, 11) is 3.95. The largest absolute Gasteiger partial charge is 0.362 e. The van der Waals surface area contributed by atoms with Gasteiger partial charge in [0.1, 0.15) is 11.6 Å². The Morgan fingerprint density at radius 3 is 2.44 bits per heavy atom. The molecule has 2 aromatic carbocycles. The van der Waals surface area contributed by atoms with Gasteiger partial charge in [0.25, 0.3) is 0 Å². The summed E-state index contributed by atoms with van der Waals surface area (Å²) in [5, 5.41) is 4.51. The summed E-state index contributed by atoms with van der Waals surface area (Å²) < 4.78 is 14.2. The number of amides is 2. The Morgan fingerprint density at radius 1 is 1.06 bits per heavy atom. The number of benzene rings is 2. The van der Waals surface area contributed by atoms with Gasteiger partial charge in [-0.25, -0.2) is 14.2 Å². The fourth-order valence-corrected chi connectivity index (χ4v) is 4.37. The molecule has 0 radical (unpaired) electrons. The van der Waals surface area contributed by atoms with E-state index >= 15 is 0 Å². The summed E-state index contributed by atoms with van der Waals surface area (Å²) in [6.07, 6.45) is 3.65. The van der Waals surface area contributed by atoms with Gasteiger partial charge in [0.05, 0.1) is 11.2 Å². The number of carbonyl (C=O) groups is 1. The Labute approximate surface area is 187 Å². The number of halogens is 1. The van der Waals surface area contributed by atoms with Gasteiger partial charge in [-0.2, -0.15) is 4.98 Å². The molecule has 8 heteroatoms. The number of primary amides is 1. The molecule has 7 nitrogen and oxygen atoms in total. The van der Waals surface area contributed by atoms with E-state index in [4.69, 9.17) is 15.7 Å². The topological polar surface area (TPSA) is 87.4 Å². The van der Waals surface area contributed by atoms with E-state index < -0.39 is 11.8 Å². The number of nitrogens with zero attached hydrogens (tertiary/aromatic N) is 4. The molecule has 1 heterocycles.